The van der Waals surface area contributed by atoms with Crippen molar-refractivity contribution in [1.29, 1.82) is 0 Å². The van der Waals surface area contributed by atoms with Crippen molar-refractivity contribution in [3.63, 3.8) is 0 Å². The molecule has 0 aromatic carbocycles. The Labute approximate surface area is 183 Å². The largest absolute Gasteiger partial charge is 0.358 e. The van der Waals surface area contributed by atoms with Gasteiger partial charge < -0.3 is 4.90 Å². The molecule has 0 fully saturated rings. The van der Waals surface area contributed by atoms with E-state index in [0.29, 0.717) is 16.8 Å². The Morgan fingerprint density at radius 3 is 2.17 bits per heavy atom. The van der Waals surface area contributed by atoms with E-state index in [1.807, 2.05) is 63.0 Å². The number of nitrogens with zero attached hydrogens (tertiary/aromatic N) is 4. The molecule has 0 saturated carbocycles. The lowest BCUT2D eigenvalue weighted by molar-refractivity contribution is -0.123. The molecule has 0 bridgehead atoms. The fourth-order valence-corrected chi connectivity index (χ4v) is 3.58. The third-order valence-corrected chi connectivity index (χ3v) is 5.26. The number of ketones is 2. The lowest BCUT2D eigenvalue weighted by Gasteiger charge is -2.32. The molecule has 6 nitrogen and oxygen atoms in total. The second-order valence-electron chi connectivity index (χ2n) is 7.94. The van der Waals surface area contributed by atoms with E-state index in [1.54, 1.807) is 25.5 Å². The summed E-state index contributed by atoms with van der Waals surface area (Å²) in [5.74, 6) is -0.228. The molecule has 0 radical (unpaired) electrons. The van der Waals surface area contributed by atoms with Gasteiger partial charge in [-0.3, -0.25) is 19.5 Å². The van der Waals surface area contributed by atoms with Crippen LogP contribution in [0.4, 0.5) is 5.69 Å². The Morgan fingerprint density at radius 2 is 1.67 bits per heavy atom. The van der Waals surface area contributed by atoms with Gasteiger partial charge in [-0.05, 0) is 55.9 Å². The molecule has 160 valence electrons. The summed E-state index contributed by atoms with van der Waals surface area (Å²) in [7, 11) is 5.46. The number of rotatable bonds is 9. The highest BCUT2D eigenvalue weighted by atomic mass is 35.5. The van der Waals surface area contributed by atoms with Crippen LogP contribution in [0.15, 0.2) is 48.9 Å². The zero-order valence-electron chi connectivity index (χ0n) is 18.4. The van der Waals surface area contributed by atoms with Gasteiger partial charge in [-0.2, -0.15) is 0 Å². The first-order chi connectivity index (χ1) is 14.1. The van der Waals surface area contributed by atoms with Crippen molar-refractivity contribution in [2.75, 3.05) is 26.0 Å². The summed E-state index contributed by atoms with van der Waals surface area (Å²) < 4.78 is 0. The number of hydrogen-bond donors (Lipinski definition) is 0. The number of hydrogen-bond acceptors (Lipinski definition) is 6. The number of Topliss-reactive ketones (excluding diaryl/α,β-unsaturated/α-hetero) is 2. The van der Waals surface area contributed by atoms with Crippen LogP contribution < -0.4 is 4.90 Å². The highest BCUT2D eigenvalue weighted by Crippen LogP contribution is 2.35. The number of halogens is 1. The quantitative estimate of drug-likeness (QED) is 0.438. The second kappa shape index (κ2) is 9.96. The first-order valence-electron chi connectivity index (χ1n) is 9.74. The van der Waals surface area contributed by atoms with Crippen molar-refractivity contribution in [1.82, 2.24) is 14.9 Å². The Kier molecular flexibility index (Phi) is 7.87. The number of pyridine rings is 2. The fraction of sp³-hybridized carbons (Fsp3) is 0.391. The Balaban J connectivity index is 2.58. The molecular formula is C23H29ClN4O2. The minimum Gasteiger partial charge on any atom is -0.358 e. The van der Waals surface area contributed by atoms with Gasteiger partial charge in [-0.1, -0.05) is 32.0 Å². The minimum absolute atomic E-state index is 0.0485. The van der Waals surface area contributed by atoms with E-state index >= 15 is 0 Å². The van der Waals surface area contributed by atoms with Crippen LogP contribution in [0.2, 0.25) is 5.15 Å². The molecule has 2 rings (SSSR count). The summed E-state index contributed by atoms with van der Waals surface area (Å²) in [6.45, 7) is 9.21. The van der Waals surface area contributed by atoms with Gasteiger partial charge in [0.25, 0.3) is 0 Å². The lowest BCUT2D eigenvalue weighted by atomic mass is 9.94. The van der Waals surface area contributed by atoms with E-state index in [0.717, 1.165) is 5.56 Å². The number of carbonyl (C=O) groups is 2. The molecule has 0 amide bonds. The van der Waals surface area contributed by atoms with Gasteiger partial charge in [-0.25, -0.2) is 4.98 Å². The molecule has 0 saturated heterocycles. The minimum atomic E-state index is -0.558. The van der Waals surface area contributed by atoms with Gasteiger partial charge in [-0.15, -0.1) is 0 Å². The van der Waals surface area contributed by atoms with Gasteiger partial charge in [0.1, 0.15) is 6.04 Å². The maximum Gasteiger partial charge on any atom is 0.179 e. The highest BCUT2D eigenvalue weighted by molar-refractivity contribution is 6.32. The van der Waals surface area contributed by atoms with Crippen molar-refractivity contribution < 1.29 is 9.59 Å². The zero-order valence-corrected chi connectivity index (χ0v) is 19.1. The molecule has 7 heteroatoms. The fourth-order valence-electron chi connectivity index (χ4n) is 3.35. The van der Waals surface area contributed by atoms with Crippen molar-refractivity contribution in [3.8, 4) is 0 Å². The lowest BCUT2D eigenvalue weighted by Crippen LogP contribution is -2.34. The summed E-state index contributed by atoms with van der Waals surface area (Å²) in [5, 5.41) is 0.261. The molecule has 2 heterocycles. The van der Waals surface area contributed by atoms with Crippen LogP contribution in [0.5, 0.6) is 0 Å². The number of carbonyl (C=O) groups excluding carboxylic acids is 2. The maximum atomic E-state index is 13.1. The molecule has 0 aliphatic heterocycles. The highest BCUT2D eigenvalue weighted by Gasteiger charge is 2.30. The van der Waals surface area contributed by atoms with Gasteiger partial charge in [0.15, 0.2) is 16.7 Å². The average Bonchev–Trinajstić information content (AvgIpc) is 2.69. The predicted molar refractivity (Wildman–Crippen MR) is 121 cm³/mol. The number of aromatic nitrogens is 2. The molecule has 0 N–H and O–H groups in total. The Morgan fingerprint density at radius 1 is 1.07 bits per heavy atom. The molecule has 2 atom stereocenters. The topological polar surface area (TPSA) is 66.4 Å². The summed E-state index contributed by atoms with van der Waals surface area (Å²) in [4.78, 5) is 37.8. The molecule has 0 aliphatic rings. The van der Waals surface area contributed by atoms with Gasteiger partial charge in [0.05, 0.1) is 11.7 Å². The monoisotopic (exact) mass is 428 g/mol. The van der Waals surface area contributed by atoms with Crippen LogP contribution in [0, 0.1) is 5.92 Å². The molecule has 0 spiro atoms. The first-order valence-corrected chi connectivity index (χ1v) is 10.1. The van der Waals surface area contributed by atoms with Gasteiger partial charge in [0, 0.05) is 31.6 Å². The molecular weight excluding hydrogens is 400 g/mol. The van der Waals surface area contributed by atoms with Crippen LogP contribution in [0.1, 0.15) is 44.0 Å². The van der Waals surface area contributed by atoms with Gasteiger partial charge >= 0.3 is 0 Å². The smallest absolute Gasteiger partial charge is 0.179 e. The average molecular weight is 429 g/mol. The van der Waals surface area contributed by atoms with E-state index in [9.17, 15) is 9.59 Å². The van der Waals surface area contributed by atoms with Gasteiger partial charge in [0.2, 0.25) is 0 Å². The summed E-state index contributed by atoms with van der Waals surface area (Å²) in [6, 6.07) is 4.36. The molecule has 2 unspecified atom stereocenters. The molecule has 0 aliphatic carbocycles. The third kappa shape index (κ3) is 5.12. The SMILES string of the molecule is C=C(C)C(=O)C(c1cnc(Cl)c(N(C)C(C(=O)C(C)C)c2ccncc2)c1)N(C)C. The normalized spacial score (nSPS) is 13.2. The first kappa shape index (κ1) is 23.7. The van der Waals surface area contributed by atoms with E-state index in [4.69, 9.17) is 11.6 Å². The second-order valence-corrected chi connectivity index (χ2v) is 8.30. The Hall–Kier alpha value is -2.57. The Bertz CT molecular complexity index is 928. The molecule has 2 aromatic heterocycles. The van der Waals surface area contributed by atoms with Crippen molar-refractivity contribution >= 4 is 28.9 Å². The van der Waals surface area contributed by atoms with E-state index in [2.05, 4.69) is 16.5 Å². The number of likely N-dealkylation sites (N-methyl/N-ethyl adjacent to an activating group) is 2. The summed E-state index contributed by atoms with van der Waals surface area (Å²) >= 11 is 6.44. The van der Waals surface area contributed by atoms with E-state index in [-0.39, 0.29) is 22.6 Å². The standard InChI is InChI=1S/C23H29ClN4O2/c1-14(2)21(29)19(27(5)6)17-12-18(23(24)26-13-17)28(7)20(22(30)15(3)4)16-8-10-25-11-9-16/h8-13,15,19-20H,1H2,2-7H3. The van der Waals surface area contributed by atoms with Crippen molar-refractivity contribution in [3.05, 3.63) is 65.2 Å². The van der Waals surface area contributed by atoms with Crippen LogP contribution in [-0.2, 0) is 9.59 Å². The van der Waals surface area contributed by atoms with E-state index in [1.165, 1.54) is 0 Å². The summed E-state index contributed by atoms with van der Waals surface area (Å²) in [5.41, 5.74) is 2.54. The van der Waals surface area contributed by atoms with Crippen LogP contribution in [0.3, 0.4) is 0 Å². The predicted octanol–water partition coefficient (Wildman–Crippen LogP) is 4.28. The third-order valence-electron chi connectivity index (χ3n) is 4.97. The number of anilines is 1. The zero-order chi connectivity index (χ0) is 22.6. The summed E-state index contributed by atoms with van der Waals surface area (Å²) in [6.07, 6.45) is 4.91. The van der Waals surface area contributed by atoms with Crippen LogP contribution in [0.25, 0.3) is 0 Å². The van der Waals surface area contributed by atoms with Crippen LogP contribution in [-0.4, -0.2) is 47.6 Å². The molecule has 30 heavy (non-hydrogen) atoms. The van der Waals surface area contributed by atoms with Crippen molar-refractivity contribution in [2.24, 2.45) is 5.92 Å². The van der Waals surface area contributed by atoms with E-state index < -0.39 is 12.1 Å². The maximum absolute atomic E-state index is 13.1. The molecule has 2 aromatic rings. The van der Waals surface area contributed by atoms with Crippen LogP contribution >= 0.6 is 11.6 Å². The van der Waals surface area contributed by atoms with Crippen molar-refractivity contribution in [2.45, 2.75) is 32.9 Å².